The summed E-state index contributed by atoms with van der Waals surface area (Å²) < 4.78 is 7.43. The first-order valence-electron chi connectivity index (χ1n) is 11.9. The Balaban J connectivity index is 1.68. The van der Waals surface area contributed by atoms with Crippen LogP contribution in [-0.4, -0.2) is 34.7 Å². The van der Waals surface area contributed by atoms with Gasteiger partial charge in [0.2, 0.25) is 17.6 Å². The molecule has 2 amide bonds. The first-order chi connectivity index (χ1) is 16.6. The van der Waals surface area contributed by atoms with Crippen molar-refractivity contribution in [3.05, 3.63) is 58.4 Å². The number of nitrogens with one attached hydrogen (secondary N) is 2. The molecule has 0 bridgehead atoms. The normalized spacial score (nSPS) is 13.1. The van der Waals surface area contributed by atoms with Crippen LogP contribution in [0.15, 0.2) is 35.9 Å². The number of hydrogen-bond donors (Lipinski definition) is 2. The van der Waals surface area contributed by atoms with Gasteiger partial charge in [0.25, 0.3) is 0 Å². The molecule has 8 nitrogen and oxygen atoms in total. The van der Waals surface area contributed by atoms with E-state index in [0.717, 1.165) is 37.2 Å². The predicted molar refractivity (Wildman–Crippen MR) is 135 cm³/mol. The van der Waals surface area contributed by atoms with E-state index in [9.17, 15) is 19.2 Å². The number of carbonyl (C=O) groups excluding carboxylic acids is 4. The summed E-state index contributed by atoms with van der Waals surface area (Å²) in [5, 5.41) is 5.17. The van der Waals surface area contributed by atoms with Gasteiger partial charge >= 0.3 is 5.97 Å². The molecule has 0 aliphatic heterocycles. The summed E-state index contributed by atoms with van der Waals surface area (Å²) >= 11 is 0. The van der Waals surface area contributed by atoms with Gasteiger partial charge in [0.1, 0.15) is 0 Å². The number of rotatable bonds is 9. The van der Waals surface area contributed by atoms with Crippen LogP contribution in [0.25, 0.3) is 0 Å². The largest absolute Gasteiger partial charge is 0.454 e. The molecule has 0 unspecified atom stereocenters. The number of benzene rings is 1. The molecule has 0 saturated heterocycles. The average molecular weight is 480 g/mol. The number of allylic oxidation sites excluding steroid dienone is 2. The van der Waals surface area contributed by atoms with Crippen LogP contribution in [0.5, 0.6) is 0 Å². The maximum absolute atomic E-state index is 12.9. The van der Waals surface area contributed by atoms with Gasteiger partial charge in [0, 0.05) is 48.7 Å². The van der Waals surface area contributed by atoms with Gasteiger partial charge in [0.15, 0.2) is 6.61 Å². The zero-order valence-electron chi connectivity index (χ0n) is 20.8. The molecular formula is C27H33N3O5. The highest BCUT2D eigenvalue weighted by molar-refractivity contribution is 6.01. The number of esters is 1. The number of anilines is 2. The minimum Gasteiger partial charge on any atom is -0.454 e. The molecule has 0 fully saturated rings. The topological polar surface area (TPSA) is 107 Å². The summed E-state index contributed by atoms with van der Waals surface area (Å²) in [6.07, 6.45) is 8.10. The smallest absolute Gasteiger partial charge is 0.338 e. The van der Waals surface area contributed by atoms with Crippen LogP contribution in [0.2, 0.25) is 0 Å². The molecule has 186 valence electrons. The van der Waals surface area contributed by atoms with E-state index < -0.39 is 12.6 Å². The third kappa shape index (κ3) is 7.15. The van der Waals surface area contributed by atoms with Gasteiger partial charge in [-0.3, -0.25) is 14.4 Å². The molecule has 0 atom stereocenters. The number of amides is 2. The van der Waals surface area contributed by atoms with E-state index in [-0.39, 0.29) is 23.2 Å². The molecule has 2 N–H and O–H groups in total. The Morgan fingerprint density at radius 3 is 2.17 bits per heavy atom. The van der Waals surface area contributed by atoms with Crippen molar-refractivity contribution < 1.29 is 23.9 Å². The zero-order chi connectivity index (χ0) is 25.5. The summed E-state index contributed by atoms with van der Waals surface area (Å²) in [6.45, 7) is 6.97. The van der Waals surface area contributed by atoms with Crippen molar-refractivity contribution in [2.45, 2.75) is 66.3 Å². The van der Waals surface area contributed by atoms with Gasteiger partial charge in [-0.1, -0.05) is 11.6 Å². The van der Waals surface area contributed by atoms with Crippen LogP contribution >= 0.6 is 0 Å². The minimum absolute atomic E-state index is 0.110. The number of aromatic nitrogens is 1. The standard InChI is InChI=1S/C27H33N3O5/c1-17-12-25(18(2)30(17)11-10-21-8-6-5-7-9-21)26(33)16-35-27(34)22-13-23(28-19(3)31)15-24(14-22)29-20(4)32/h8,12-15H,5-7,9-11,16H2,1-4H3,(H,28,31)(H,29,32). The summed E-state index contributed by atoms with van der Waals surface area (Å²) in [5.41, 5.74) is 4.65. The molecule has 1 heterocycles. The maximum Gasteiger partial charge on any atom is 0.338 e. The summed E-state index contributed by atoms with van der Waals surface area (Å²) in [7, 11) is 0. The van der Waals surface area contributed by atoms with Crippen LogP contribution in [0.3, 0.4) is 0 Å². The SMILES string of the molecule is CC(=O)Nc1cc(NC(C)=O)cc(C(=O)OCC(=O)c2cc(C)n(CCC3=CCCCC3)c2C)c1. The number of hydrogen-bond acceptors (Lipinski definition) is 5. The first-order valence-corrected chi connectivity index (χ1v) is 11.9. The molecule has 1 aromatic carbocycles. The highest BCUT2D eigenvalue weighted by atomic mass is 16.5. The van der Waals surface area contributed by atoms with Crippen LogP contribution in [0.4, 0.5) is 11.4 Å². The summed E-state index contributed by atoms with van der Waals surface area (Å²) in [6, 6.07) is 6.24. The number of carbonyl (C=O) groups is 4. The fourth-order valence-corrected chi connectivity index (χ4v) is 4.40. The average Bonchev–Trinajstić information content (AvgIpc) is 3.08. The first kappa shape index (κ1) is 25.9. The lowest BCUT2D eigenvalue weighted by Gasteiger charge is -2.15. The molecule has 35 heavy (non-hydrogen) atoms. The number of nitrogens with zero attached hydrogens (tertiary/aromatic N) is 1. The van der Waals surface area contributed by atoms with Crippen LogP contribution in [-0.2, 0) is 20.9 Å². The lowest BCUT2D eigenvalue weighted by molar-refractivity contribution is -0.115. The molecule has 3 rings (SSSR count). The predicted octanol–water partition coefficient (Wildman–Crippen LogP) is 4.95. The Morgan fingerprint density at radius 2 is 1.60 bits per heavy atom. The summed E-state index contributed by atoms with van der Waals surface area (Å²) in [5.74, 6) is -1.66. The number of aryl methyl sites for hydroxylation is 1. The van der Waals surface area contributed by atoms with Gasteiger partial charge in [0.05, 0.1) is 5.56 Å². The molecule has 0 radical (unpaired) electrons. The highest BCUT2D eigenvalue weighted by Crippen LogP contribution is 2.24. The minimum atomic E-state index is -0.727. The highest BCUT2D eigenvalue weighted by Gasteiger charge is 2.19. The zero-order valence-corrected chi connectivity index (χ0v) is 20.8. The van der Waals surface area contributed by atoms with Gasteiger partial charge < -0.3 is 19.9 Å². The second-order valence-corrected chi connectivity index (χ2v) is 8.96. The molecule has 1 aliphatic carbocycles. The molecule has 8 heteroatoms. The third-order valence-corrected chi connectivity index (χ3v) is 6.06. The van der Waals surface area contributed by atoms with E-state index >= 15 is 0 Å². The Kier molecular flexibility index (Phi) is 8.63. The monoisotopic (exact) mass is 479 g/mol. The summed E-state index contributed by atoms with van der Waals surface area (Å²) in [4.78, 5) is 48.4. The Labute approximate surface area is 205 Å². The van der Waals surface area contributed by atoms with E-state index in [1.165, 1.54) is 50.5 Å². The van der Waals surface area contributed by atoms with E-state index in [1.807, 2.05) is 19.9 Å². The number of Topliss-reactive ketones (excluding diaryl/α,β-unsaturated/α-hetero) is 1. The fraction of sp³-hybridized carbons (Fsp3) is 0.407. The quantitative estimate of drug-likeness (QED) is 0.301. The van der Waals surface area contributed by atoms with Crippen LogP contribution < -0.4 is 10.6 Å². The maximum atomic E-state index is 12.9. The Bertz CT molecular complexity index is 1140. The second kappa shape index (κ2) is 11.6. The molecule has 2 aromatic rings. The molecular weight excluding hydrogens is 446 g/mol. The van der Waals surface area contributed by atoms with Gasteiger partial charge in [-0.2, -0.15) is 0 Å². The van der Waals surface area contributed by atoms with E-state index in [4.69, 9.17) is 4.74 Å². The van der Waals surface area contributed by atoms with Gasteiger partial charge in [-0.15, -0.1) is 0 Å². The van der Waals surface area contributed by atoms with E-state index in [2.05, 4.69) is 21.3 Å². The van der Waals surface area contributed by atoms with Crippen LogP contribution in [0.1, 0.15) is 78.1 Å². The fourth-order valence-electron chi connectivity index (χ4n) is 4.40. The van der Waals surface area contributed by atoms with Crippen molar-refractivity contribution in [2.75, 3.05) is 17.2 Å². The van der Waals surface area contributed by atoms with E-state index in [1.54, 1.807) is 0 Å². The third-order valence-electron chi connectivity index (χ3n) is 6.06. The van der Waals surface area contributed by atoms with Crippen LogP contribution in [0, 0.1) is 13.8 Å². The molecule has 0 spiro atoms. The number of ether oxygens (including phenoxy) is 1. The lowest BCUT2D eigenvalue weighted by Crippen LogP contribution is -2.16. The van der Waals surface area contributed by atoms with Crippen molar-refractivity contribution in [1.29, 1.82) is 0 Å². The Morgan fingerprint density at radius 1 is 0.943 bits per heavy atom. The van der Waals surface area contributed by atoms with E-state index in [0.29, 0.717) is 16.9 Å². The van der Waals surface area contributed by atoms with Crippen molar-refractivity contribution in [2.24, 2.45) is 0 Å². The van der Waals surface area contributed by atoms with Gasteiger partial charge in [-0.05, 0) is 70.2 Å². The van der Waals surface area contributed by atoms with Crippen molar-refractivity contribution >= 4 is 34.9 Å². The van der Waals surface area contributed by atoms with Crippen molar-refractivity contribution in [3.8, 4) is 0 Å². The van der Waals surface area contributed by atoms with Crippen molar-refractivity contribution in [3.63, 3.8) is 0 Å². The second-order valence-electron chi connectivity index (χ2n) is 8.96. The molecule has 0 saturated carbocycles. The molecule has 1 aliphatic rings. The lowest BCUT2D eigenvalue weighted by atomic mass is 9.97. The Hall–Kier alpha value is -3.68. The van der Waals surface area contributed by atoms with Gasteiger partial charge in [-0.25, -0.2) is 4.79 Å². The number of ketones is 1. The van der Waals surface area contributed by atoms with Crippen molar-refractivity contribution in [1.82, 2.24) is 4.57 Å². The molecule has 1 aromatic heterocycles.